The average Bonchev–Trinajstić information content (AvgIpc) is 3.20. The average molecular weight is 425 g/mol. The first-order chi connectivity index (χ1) is 15.1. The van der Waals surface area contributed by atoms with Crippen LogP contribution in [-0.4, -0.2) is 63.7 Å². The molecule has 7 heteroatoms. The number of rotatable bonds is 6. The predicted molar refractivity (Wildman–Crippen MR) is 117 cm³/mol. The van der Waals surface area contributed by atoms with Crippen molar-refractivity contribution in [3.05, 3.63) is 54.1 Å². The number of quaternary nitrogens is 1. The smallest absolute Gasteiger partial charge is 0.228 e. The molecule has 0 bridgehead atoms. The van der Waals surface area contributed by atoms with Crippen molar-refractivity contribution in [1.82, 2.24) is 4.90 Å². The van der Waals surface area contributed by atoms with Crippen molar-refractivity contribution in [2.45, 2.75) is 13.0 Å². The number of carbonyl (C=O) groups excluding carboxylic acids is 2. The fraction of sp³-hybridized carbons (Fsp3) is 0.417. The second-order valence-electron chi connectivity index (χ2n) is 8.18. The zero-order chi connectivity index (χ0) is 21.8. The molecule has 31 heavy (non-hydrogen) atoms. The van der Waals surface area contributed by atoms with E-state index < -0.39 is 0 Å². The number of nitrogens with one attached hydrogen (secondary N) is 1. The molecule has 2 amide bonds. The maximum atomic E-state index is 13.1. The van der Waals surface area contributed by atoms with E-state index >= 15 is 0 Å². The summed E-state index contributed by atoms with van der Waals surface area (Å²) in [4.78, 5) is 31.0. The molecule has 2 aliphatic rings. The van der Waals surface area contributed by atoms with Crippen LogP contribution in [0.3, 0.4) is 0 Å². The summed E-state index contributed by atoms with van der Waals surface area (Å²) >= 11 is 0. The summed E-state index contributed by atoms with van der Waals surface area (Å²) in [7, 11) is 3.16. The number of anilines is 1. The van der Waals surface area contributed by atoms with Gasteiger partial charge in [-0.15, -0.1) is 0 Å². The number of nitrogens with zero attached hydrogens (tertiary/aromatic N) is 2. The Hall–Kier alpha value is -3.06. The van der Waals surface area contributed by atoms with Gasteiger partial charge in [-0.2, -0.15) is 0 Å². The van der Waals surface area contributed by atoms with Crippen molar-refractivity contribution in [3.63, 3.8) is 0 Å². The fourth-order valence-electron chi connectivity index (χ4n) is 4.48. The lowest BCUT2D eigenvalue weighted by molar-refractivity contribution is -0.917. The minimum absolute atomic E-state index is 0.0572. The minimum atomic E-state index is -0.320. The van der Waals surface area contributed by atoms with Crippen LogP contribution >= 0.6 is 0 Å². The summed E-state index contributed by atoms with van der Waals surface area (Å²) in [6.07, 6.45) is 0.232. The third-order valence-electron chi connectivity index (χ3n) is 6.23. The van der Waals surface area contributed by atoms with E-state index in [0.717, 1.165) is 32.7 Å². The predicted octanol–water partition coefficient (Wildman–Crippen LogP) is 0.984. The van der Waals surface area contributed by atoms with E-state index in [4.69, 9.17) is 9.47 Å². The molecule has 0 unspecified atom stereocenters. The second-order valence-corrected chi connectivity index (χ2v) is 8.18. The van der Waals surface area contributed by atoms with Crippen LogP contribution < -0.4 is 19.3 Å². The van der Waals surface area contributed by atoms with Crippen LogP contribution in [0, 0.1) is 5.92 Å². The zero-order valence-electron chi connectivity index (χ0n) is 18.2. The molecule has 1 atom stereocenters. The van der Waals surface area contributed by atoms with Gasteiger partial charge in [-0.3, -0.25) is 9.59 Å². The van der Waals surface area contributed by atoms with Gasteiger partial charge < -0.3 is 24.2 Å². The molecule has 7 nitrogen and oxygen atoms in total. The molecule has 2 heterocycles. The molecule has 2 fully saturated rings. The number of carbonyl (C=O) groups is 2. The van der Waals surface area contributed by atoms with E-state index in [1.807, 2.05) is 11.0 Å². The zero-order valence-corrected chi connectivity index (χ0v) is 18.2. The normalized spacial score (nSPS) is 19.5. The van der Waals surface area contributed by atoms with Gasteiger partial charge in [0, 0.05) is 24.6 Å². The third kappa shape index (κ3) is 4.66. The van der Waals surface area contributed by atoms with Crippen molar-refractivity contribution in [1.29, 1.82) is 0 Å². The maximum Gasteiger partial charge on any atom is 0.228 e. The molecule has 0 saturated carbocycles. The molecule has 4 rings (SSSR count). The lowest BCUT2D eigenvalue weighted by Crippen LogP contribution is -3.13. The Bertz CT molecular complexity index is 926. The summed E-state index contributed by atoms with van der Waals surface area (Å²) in [5.74, 6) is 0.949. The van der Waals surface area contributed by atoms with Crippen LogP contribution in [0.2, 0.25) is 0 Å². The Kier molecular flexibility index (Phi) is 6.42. The van der Waals surface area contributed by atoms with E-state index in [1.54, 1.807) is 37.3 Å². The van der Waals surface area contributed by atoms with Crippen LogP contribution in [0.4, 0.5) is 5.69 Å². The maximum absolute atomic E-state index is 13.1. The van der Waals surface area contributed by atoms with Gasteiger partial charge in [-0.1, -0.05) is 30.3 Å². The van der Waals surface area contributed by atoms with Crippen LogP contribution in [0.15, 0.2) is 48.5 Å². The highest BCUT2D eigenvalue weighted by atomic mass is 16.5. The van der Waals surface area contributed by atoms with Crippen LogP contribution in [0.25, 0.3) is 0 Å². The van der Waals surface area contributed by atoms with Gasteiger partial charge in [-0.25, -0.2) is 0 Å². The quantitative estimate of drug-likeness (QED) is 0.751. The molecule has 0 radical (unpaired) electrons. The van der Waals surface area contributed by atoms with Gasteiger partial charge in [-0.05, 0) is 12.1 Å². The molecule has 2 saturated heterocycles. The van der Waals surface area contributed by atoms with Gasteiger partial charge >= 0.3 is 0 Å². The van der Waals surface area contributed by atoms with Gasteiger partial charge in [0.25, 0.3) is 0 Å². The van der Waals surface area contributed by atoms with Crippen molar-refractivity contribution in [2.24, 2.45) is 5.92 Å². The third-order valence-corrected chi connectivity index (χ3v) is 6.23. The van der Waals surface area contributed by atoms with E-state index in [2.05, 4.69) is 24.3 Å². The number of methoxy groups -OCH3 is 2. The Balaban J connectivity index is 1.37. The molecule has 2 aromatic rings. The highest BCUT2D eigenvalue weighted by Crippen LogP contribution is 2.36. The highest BCUT2D eigenvalue weighted by Gasteiger charge is 2.39. The molecule has 2 aromatic carbocycles. The first kappa shape index (κ1) is 21.2. The number of piperazine rings is 1. The summed E-state index contributed by atoms with van der Waals surface area (Å²) in [6.45, 7) is 4.66. The van der Waals surface area contributed by atoms with Crippen LogP contribution in [0.1, 0.15) is 12.0 Å². The molecular formula is C24H30N3O4+. The SMILES string of the molecule is COc1ccc(OC)c(N2C[C@@H](C(=O)N3CC[NH+](Cc4ccccc4)CC3)CC2=O)c1. The van der Waals surface area contributed by atoms with E-state index in [-0.39, 0.29) is 24.2 Å². The monoisotopic (exact) mass is 424 g/mol. The summed E-state index contributed by atoms with van der Waals surface area (Å²) in [5, 5.41) is 0. The first-order valence-electron chi connectivity index (χ1n) is 10.8. The first-order valence-corrected chi connectivity index (χ1v) is 10.8. The molecule has 164 valence electrons. The number of amides is 2. The molecule has 0 spiro atoms. The largest absolute Gasteiger partial charge is 0.497 e. The molecule has 1 N–H and O–H groups in total. The van der Waals surface area contributed by atoms with Crippen molar-refractivity contribution in [3.8, 4) is 11.5 Å². The second kappa shape index (κ2) is 9.39. The van der Waals surface area contributed by atoms with Crippen molar-refractivity contribution >= 4 is 17.5 Å². The van der Waals surface area contributed by atoms with Gasteiger partial charge in [0.1, 0.15) is 18.0 Å². The Morgan fingerprint density at radius 2 is 1.81 bits per heavy atom. The van der Waals surface area contributed by atoms with Crippen molar-refractivity contribution in [2.75, 3.05) is 51.8 Å². The summed E-state index contributed by atoms with van der Waals surface area (Å²) in [6, 6.07) is 15.8. The standard InChI is InChI=1S/C24H29N3O4/c1-30-20-8-9-22(31-2)21(15-20)27-17-19(14-23(27)28)24(29)26-12-10-25(11-13-26)16-18-6-4-3-5-7-18/h3-9,15,19H,10-14,16-17H2,1-2H3/p+1/t19-/m0/s1. The minimum Gasteiger partial charge on any atom is -0.497 e. The van der Waals surface area contributed by atoms with Crippen LogP contribution in [-0.2, 0) is 16.1 Å². The number of ether oxygens (including phenoxy) is 2. The summed E-state index contributed by atoms with van der Waals surface area (Å²) in [5.41, 5.74) is 1.97. The topological polar surface area (TPSA) is 63.5 Å². The number of benzene rings is 2. The molecule has 2 aliphatic heterocycles. The van der Waals surface area contributed by atoms with E-state index in [9.17, 15) is 9.59 Å². The Labute approximate surface area is 183 Å². The van der Waals surface area contributed by atoms with Crippen molar-refractivity contribution < 1.29 is 24.0 Å². The van der Waals surface area contributed by atoms with E-state index in [1.165, 1.54) is 10.5 Å². The van der Waals surface area contributed by atoms with Gasteiger partial charge in [0.15, 0.2) is 0 Å². The Morgan fingerprint density at radius 1 is 1.06 bits per heavy atom. The number of hydrogen-bond donors (Lipinski definition) is 1. The molecule has 0 aromatic heterocycles. The lowest BCUT2D eigenvalue weighted by Gasteiger charge is -2.33. The molecule has 0 aliphatic carbocycles. The lowest BCUT2D eigenvalue weighted by atomic mass is 10.1. The van der Waals surface area contributed by atoms with E-state index in [0.29, 0.717) is 23.7 Å². The van der Waals surface area contributed by atoms with Gasteiger partial charge in [0.05, 0.1) is 52.0 Å². The fourth-order valence-corrected chi connectivity index (χ4v) is 4.48. The number of hydrogen-bond acceptors (Lipinski definition) is 4. The highest BCUT2D eigenvalue weighted by molar-refractivity contribution is 6.01. The van der Waals surface area contributed by atoms with Crippen LogP contribution in [0.5, 0.6) is 11.5 Å². The molecular weight excluding hydrogens is 394 g/mol. The van der Waals surface area contributed by atoms with Gasteiger partial charge in [0.2, 0.25) is 11.8 Å². The Morgan fingerprint density at radius 3 is 2.48 bits per heavy atom. The summed E-state index contributed by atoms with van der Waals surface area (Å²) < 4.78 is 10.7.